The quantitative estimate of drug-likeness (QED) is 0.845. The van der Waals surface area contributed by atoms with Crippen LogP contribution >= 0.6 is 0 Å². The van der Waals surface area contributed by atoms with Crippen LogP contribution in [0, 0.1) is 5.92 Å². The Kier molecular flexibility index (Phi) is 5.93. The lowest BCUT2D eigenvalue weighted by atomic mass is 10.0. The highest BCUT2D eigenvalue weighted by atomic mass is 19.4. The van der Waals surface area contributed by atoms with Crippen LogP contribution in [0.15, 0.2) is 4.52 Å². The van der Waals surface area contributed by atoms with Crippen LogP contribution in [0.1, 0.15) is 38.5 Å². The summed E-state index contributed by atoms with van der Waals surface area (Å²) in [6.07, 6.45) is -5.54. The standard InChI is InChI=1S/C12H17F3N4O4/c1-5(2)7(17-11(21)22-4)8(20)16-6(3)9-18-10(19-23-9)12(13,14)15/h5-7H,1-4H3,(H,16,20)(H,17,21)/t6?,7-/m0/s1. The molecule has 1 rings (SSSR count). The molecule has 2 amide bonds. The number of alkyl carbamates (subject to hydrolysis) is 1. The average molecular weight is 338 g/mol. The van der Waals surface area contributed by atoms with Crippen LogP contribution < -0.4 is 10.6 Å². The summed E-state index contributed by atoms with van der Waals surface area (Å²) in [5, 5.41) is 7.54. The highest BCUT2D eigenvalue weighted by Gasteiger charge is 2.38. The third-order valence-corrected chi connectivity index (χ3v) is 2.83. The van der Waals surface area contributed by atoms with Crippen LogP contribution in [-0.4, -0.2) is 35.3 Å². The molecule has 0 saturated carbocycles. The number of ether oxygens (including phenoxy) is 1. The zero-order valence-electron chi connectivity index (χ0n) is 12.9. The fourth-order valence-electron chi connectivity index (χ4n) is 1.61. The minimum atomic E-state index is -4.74. The summed E-state index contributed by atoms with van der Waals surface area (Å²) >= 11 is 0. The molecule has 0 spiro atoms. The van der Waals surface area contributed by atoms with Crippen molar-refractivity contribution in [2.75, 3.05) is 7.11 Å². The molecule has 0 saturated heterocycles. The lowest BCUT2D eigenvalue weighted by molar-refractivity contribution is -0.146. The van der Waals surface area contributed by atoms with Crippen molar-refractivity contribution in [1.29, 1.82) is 0 Å². The number of nitrogens with one attached hydrogen (secondary N) is 2. The van der Waals surface area contributed by atoms with Crippen molar-refractivity contribution >= 4 is 12.0 Å². The van der Waals surface area contributed by atoms with E-state index in [1.807, 2.05) is 0 Å². The largest absolute Gasteiger partial charge is 0.455 e. The van der Waals surface area contributed by atoms with Crippen molar-refractivity contribution in [3.05, 3.63) is 11.7 Å². The number of alkyl halides is 3. The van der Waals surface area contributed by atoms with Gasteiger partial charge in [-0.15, -0.1) is 0 Å². The molecule has 0 bridgehead atoms. The third kappa shape index (κ3) is 5.11. The molecule has 1 heterocycles. The van der Waals surface area contributed by atoms with Crippen LogP contribution in [0.25, 0.3) is 0 Å². The van der Waals surface area contributed by atoms with E-state index in [9.17, 15) is 22.8 Å². The zero-order chi connectivity index (χ0) is 17.8. The number of nitrogens with zero attached hydrogens (tertiary/aromatic N) is 2. The number of hydrogen-bond acceptors (Lipinski definition) is 6. The summed E-state index contributed by atoms with van der Waals surface area (Å²) in [5.41, 5.74) is 0. The summed E-state index contributed by atoms with van der Waals surface area (Å²) in [5.74, 6) is -2.73. The number of methoxy groups -OCH3 is 1. The van der Waals surface area contributed by atoms with Gasteiger partial charge in [0.25, 0.3) is 5.82 Å². The van der Waals surface area contributed by atoms with E-state index in [1.54, 1.807) is 13.8 Å². The van der Waals surface area contributed by atoms with Gasteiger partial charge in [-0.05, 0) is 12.8 Å². The molecule has 1 unspecified atom stereocenters. The fraction of sp³-hybridized carbons (Fsp3) is 0.667. The van der Waals surface area contributed by atoms with E-state index in [2.05, 4.69) is 30.0 Å². The Labute approximate surface area is 129 Å². The van der Waals surface area contributed by atoms with Crippen LogP contribution in [0.2, 0.25) is 0 Å². The molecule has 0 aliphatic carbocycles. The van der Waals surface area contributed by atoms with Crippen LogP contribution in [0.5, 0.6) is 0 Å². The monoisotopic (exact) mass is 338 g/mol. The first-order valence-electron chi connectivity index (χ1n) is 6.62. The maximum absolute atomic E-state index is 12.4. The summed E-state index contributed by atoms with van der Waals surface area (Å²) in [6.45, 7) is 4.74. The van der Waals surface area contributed by atoms with Gasteiger partial charge in [-0.25, -0.2) is 4.79 Å². The van der Waals surface area contributed by atoms with E-state index in [0.717, 1.165) is 7.11 Å². The van der Waals surface area contributed by atoms with E-state index in [1.165, 1.54) is 6.92 Å². The van der Waals surface area contributed by atoms with Gasteiger partial charge in [0.1, 0.15) is 12.1 Å². The van der Waals surface area contributed by atoms with Gasteiger partial charge in [0.2, 0.25) is 11.8 Å². The van der Waals surface area contributed by atoms with Gasteiger partial charge in [-0.2, -0.15) is 18.2 Å². The van der Waals surface area contributed by atoms with Crippen LogP contribution in [0.3, 0.4) is 0 Å². The topological polar surface area (TPSA) is 106 Å². The predicted molar refractivity (Wildman–Crippen MR) is 70.0 cm³/mol. The Bertz CT molecular complexity index is 559. The maximum atomic E-state index is 12.4. The first kappa shape index (κ1) is 18.7. The van der Waals surface area contributed by atoms with E-state index >= 15 is 0 Å². The Morgan fingerprint density at radius 2 is 1.83 bits per heavy atom. The molecule has 1 aromatic heterocycles. The molecule has 0 fully saturated rings. The average Bonchev–Trinajstić information content (AvgIpc) is 2.93. The van der Waals surface area contributed by atoms with Gasteiger partial charge in [0.05, 0.1) is 7.11 Å². The Hall–Kier alpha value is -2.33. The number of carbonyl (C=O) groups excluding carboxylic acids is 2. The third-order valence-electron chi connectivity index (χ3n) is 2.83. The number of carbonyl (C=O) groups is 2. The molecule has 23 heavy (non-hydrogen) atoms. The highest BCUT2D eigenvalue weighted by Crippen LogP contribution is 2.27. The predicted octanol–water partition coefficient (Wildman–Crippen LogP) is 1.65. The second kappa shape index (κ2) is 7.29. The zero-order valence-corrected chi connectivity index (χ0v) is 12.9. The molecule has 0 radical (unpaired) electrons. The van der Waals surface area contributed by atoms with Crippen molar-refractivity contribution in [1.82, 2.24) is 20.8 Å². The van der Waals surface area contributed by atoms with Crippen molar-refractivity contribution in [2.45, 2.75) is 39.0 Å². The van der Waals surface area contributed by atoms with E-state index in [-0.39, 0.29) is 5.92 Å². The van der Waals surface area contributed by atoms with Gasteiger partial charge in [0, 0.05) is 0 Å². The van der Waals surface area contributed by atoms with Crippen molar-refractivity contribution < 1.29 is 32.0 Å². The molecular weight excluding hydrogens is 321 g/mol. The van der Waals surface area contributed by atoms with Crippen LogP contribution in [0.4, 0.5) is 18.0 Å². The number of aromatic nitrogens is 2. The number of hydrogen-bond donors (Lipinski definition) is 2. The molecule has 0 aromatic carbocycles. The summed E-state index contributed by atoms with van der Waals surface area (Å²) < 4.78 is 46.1. The minimum Gasteiger partial charge on any atom is -0.453 e. The van der Waals surface area contributed by atoms with Gasteiger partial charge in [-0.3, -0.25) is 4.79 Å². The minimum absolute atomic E-state index is 0.283. The Morgan fingerprint density at radius 3 is 2.26 bits per heavy atom. The Balaban J connectivity index is 2.78. The molecular formula is C12H17F3N4O4. The molecule has 0 aliphatic heterocycles. The summed E-state index contributed by atoms with van der Waals surface area (Å²) in [7, 11) is 1.14. The van der Waals surface area contributed by atoms with Gasteiger partial charge in [-0.1, -0.05) is 19.0 Å². The van der Waals surface area contributed by atoms with Crippen LogP contribution in [-0.2, 0) is 15.7 Å². The maximum Gasteiger partial charge on any atom is 0.455 e. The van der Waals surface area contributed by atoms with E-state index < -0.39 is 42.0 Å². The number of halogens is 3. The fourth-order valence-corrected chi connectivity index (χ4v) is 1.61. The van der Waals surface area contributed by atoms with Gasteiger partial charge in [0.15, 0.2) is 0 Å². The summed E-state index contributed by atoms with van der Waals surface area (Å²) in [6, 6.07) is -1.90. The second-order valence-electron chi connectivity index (χ2n) is 5.04. The van der Waals surface area contributed by atoms with Gasteiger partial charge < -0.3 is 19.9 Å². The molecule has 2 atom stereocenters. The molecule has 8 nitrogen and oxygen atoms in total. The number of rotatable bonds is 5. The number of amides is 2. The Morgan fingerprint density at radius 1 is 1.22 bits per heavy atom. The lowest BCUT2D eigenvalue weighted by Gasteiger charge is -2.22. The first-order valence-corrected chi connectivity index (χ1v) is 6.62. The smallest absolute Gasteiger partial charge is 0.453 e. The molecule has 1 aromatic rings. The molecule has 2 N–H and O–H groups in total. The normalized spacial score (nSPS) is 14.3. The lowest BCUT2D eigenvalue weighted by Crippen LogP contribution is -2.50. The van der Waals surface area contributed by atoms with Crippen molar-refractivity contribution in [3.63, 3.8) is 0 Å². The molecule has 0 aliphatic rings. The van der Waals surface area contributed by atoms with Gasteiger partial charge >= 0.3 is 12.3 Å². The highest BCUT2D eigenvalue weighted by molar-refractivity contribution is 5.86. The van der Waals surface area contributed by atoms with E-state index in [0.29, 0.717) is 0 Å². The SMILES string of the molecule is COC(=O)N[C@H](C(=O)NC(C)c1nc(C(F)(F)F)no1)C(C)C. The second-order valence-corrected chi connectivity index (χ2v) is 5.04. The molecule has 11 heteroatoms. The van der Waals surface area contributed by atoms with Crippen molar-refractivity contribution in [2.24, 2.45) is 5.92 Å². The van der Waals surface area contributed by atoms with E-state index in [4.69, 9.17) is 0 Å². The molecule has 130 valence electrons. The first-order chi connectivity index (χ1) is 10.6. The van der Waals surface area contributed by atoms with Crippen molar-refractivity contribution in [3.8, 4) is 0 Å². The summed E-state index contributed by atoms with van der Waals surface area (Å²) in [4.78, 5) is 26.5.